The van der Waals surface area contributed by atoms with Crippen LogP contribution >= 0.6 is 0 Å². The molecule has 0 spiro atoms. The van der Waals surface area contributed by atoms with Crippen LogP contribution in [0, 0.1) is 0 Å². The maximum absolute atomic E-state index is 11.8. The molecule has 0 radical (unpaired) electrons. The van der Waals surface area contributed by atoms with Gasteiger partial charge in [-0.2, -0.15) is 0 Å². The van der Waals surface area contributed by atoms with Gasteiger partial charge in [0, 0.05) is 18.4 Å². The first-order valence-electron chi connectivity index (χ1n) is 5.79. The van der Waals surface area contributed by atoms with Gasteiger partial charge in [-0.25, -0.2) is 4.98 Å². The van der Waals surface area contributed by atoms with Crippen LogP contribution in [0.15, 0.2) is 30.3 Å². The van der Waals surface area contributed by atoms with Crippen molar-refractivity contribution in [2.24, 2.45) is 5.73 Å². The van der Waals surface area contributed by atoms with Gasteiger partial charge in [-0.15, -0.1) is 0 Å². The third-order valence-electron chi connectivity index (χ3n) is 2.66. The van der Waals surface area contributed by atoms with E-state index in [1.54, 1.807) is 6.07 Å². The first kappa shape index (κ1) is 12.8. The van der Waals surface area contributed by atoms with Crippen molar-refractivity contribution < 1.29 is 9.59 Å². The SMILES string of the molecule is NC(=O)CCNC(=O)c1cc2ccccc2c(N)n1. The molecule has 6 heteroatoms. The fourth-order valence-electron chi connectivity index (χ4n) is 1.73. The van der Waals surface area contributed by atoms with Gasteiger partial charge >= 0.3 is 0 Å². The molecule has 1 heterocycles. The average molecular weight is 258 g/mol. The van der Waals surface area contributed by atoms with E-state index in [0.717, 1.165) is 10.8 Å². The highest BCUT2D eigenvalue weighted by molar-refractivity contribution is 5.99. The molecule has 0 unspecified atom stereocenters. The van der Waals surface area contributed by atoms with Crippen LogP contribution in [0.3, 0.4) is 0 Å². The number of benzene rings is 1. The molecule has 2 amide bonds. The number of primary amides is 1. The smallest absolute Gasteiger partial charge is 0.270 e. The minimum atomic E-state index is -0.466. The van der Waals surface area contributed by atoms with Gasteiger partial charge < -0.3 is 16.8 Å². The Kier molecular flexibility index (Phi) is 3.61. The van der Waals surface area contributed by atoms with Crippen LogP contribution in [0.25, 0.3) is 10.8 Å². The van der Waals surface area contributed by atoms with E-state index in [-0.39, 0.29) is 24.6 Å². The van der Waals surface area contributed by atoms with Gasteiger partial charge in [-0.1, -0.05) is 24.3 Å². The first-order chi connectivity index (χ1) is 9.08. The molecule has 2 aromatic rings. The van der Waals surface area contributed by atoms with Gasteiger partial charge in [0.05, 0.1) is 0 Å². The van der Waals surface area contributed by atoms with E-state index in [1.807, 2.05) is 24.3 Å². The second kappa shape index (κ2) is 5.34. The van der Waals surface area contributed by atoms with Crippen molar-refractivity contribution in [3.8, 4) is 0 Å². The van der Waals surface area contributed by atoms with E-state index in [9.17, 15) is 9.59 Å². The van der Waals surface area contributed by atoms with Gasteiger partial charge in [0.15, 0.2) is 0 Å². The highest BCUT2D eigenvalue weighted by Crippen LogP contribution is 2.19. The normalized spacial score (nSPS) is 10.3. The number of carbonyl (C=O) groups excluding carboxylic acids is 2. The largest absolute Gasteiger partial charge is 0.383 e. The maximum atomic E-state index is 11.8. The molecule has 98 valence electrons. The number of pyridine rings is 1. The number of hydrogen-bond donors (Lipinski definition) is 3. The lowest BCUT2D eigenvalue weighted by Crippen LogP contribution is -2.28. The summed E-state index contributed by atoms with van der Waals surface area (Å²) in [7, 11) is 0. The van der Waals surface area contributed by atoms with Crippen LogP contribution in [-0.2, 0) is 4.79 Å². The predicted molar refractivity (Wildman–Crippen MR) is 72.3 cm³/mol. The zero-order chi connectivity index (χ0) is 13.8. The van der Waals surface area contributed by atoms with Crippen molar-refractivity contribution in [3.05, 3.63) is 36.0 Å². The molecule has 0 saturated carbocycles. The number of aromatic nitrogens is 1. The molecule has 1 aromatic heterocycles. The molecule has 2 rings (SSSR count). The second-order valence-electron chi connectivity index (χ2n) is 4.09. The Bertz CT molecular complexity index is 640. The minimum Gasteiger partial charge on any atom is -0.383 e. The number of nitrogens with one attached hydrogen (secondary N) is 1. The van der Waals surface area contributed by atoms with Gasteiger partial charge in [0.1, 0.15) is 11.5 Å². The fraction of sp³-hybridized carbons (Fsp3) is 0.154. The van der Waals surface area contributed by atoms with E-state index in [0.29, 0.717) is 5.82 Å². The highest BCUT2D eigenvalue weighted by Gasteiger charge is 2.10. The zero-order valence-electron chi connectivity index (χ0n) is 10.2. The molecule has 6 nitrogen and oxygen atoms in total. The van der Waals surface area contributed by atoms with Gasteiger partial charge in [-0.05, 0) is 11.5 Å². The number of rotatable bonds is 4. The Balaban J connectivity index is 2.20. The zero-order valence-corrected chi connectivity index (χ0v) is 10.2. The number of nitrogen functional groups attached to an aromatic ring is 1. The Morgan fingerprint density at radius 3 is 2.74 bits per heavy atom. The van der Waals surface area contributed by atoms with Crippen LogP contribution in [0.4, 0.5) is 5.82 Å². The van der Waals surface area contributed by atoms with E-state index in [1.165, 1.54) is 0 Å². The summed E-state index contributed by atoms with van der Waals surface area (Å²) in [5, 5.41) is 4.21. The van der Waals surface area contributed by atoms with Crippen molar-refractivity contribution in [2.45, 2.75) is 6.42 Å². The number of amides is 2. The molecular weight excluding hydrogens is 244 g/mol. The van der Waals surface area contributed by atoms with Gasteiger partial charge in [0.2, 0.25) is 5.91 Å². The number of anilines is 1. The monoisotopic (exact) mass is 258 g/mol. The number of hydrogen-bond acceptors (Lipinski definition) is 4. The Morgan fingerprint density at radius 2 is 2.00 bits per heavy atom. The molecule has 0 aliphatic rings. The molecule has 1 aromatic carbocycles. The summed E-state index contributed by atoms with van der Waals surface area (Å²) in [4.78, 5) is 26.5. The lowest BCUT2D eigenvalue weighted by molar-refractivity contribution is -0.117. The first-order valence-corrected chi connectivity index (χ1v) is 5.79. The van der Waals surface area contributed by atoms with E-state index >= 15 is 0 Å². The lowest BCUT2D eigenvalue weighted by Gasteiger charge is -2.06. The van der Waals surface area contributed by atoms with Crippen molar-refractivity contribution in [1.82, 2.24) is 10.3 Å². The number of fused-ring (bicyclic) bond motifs is 1. The second-order valence-corrected chi connectivity index (χ2v) is 4.09. The maximum Gasteiger partial charge on any atom is 0.270 e. The van der Waals surface area contributed by atoms with E-state index in [4.69, 9.17) is 11.5 Å². The van der Waals surface area contributed by atoms with Crippen LogP contribution in [0.1, 0.15) is 16.9 Å². The number of nitrogens with zero attached hydrogens (tertiary/aromatic N) is 1. The molecule has 0 aliphatic carbocycles. The van der Waals surface area contributed by atoms with Crippen LogP contribution in [0.5, 0.6) is 0 Å². The molecule has 0 fully saturated rings. The molecular formula is C13H14N4O2. The summed E-state index contributed by atoms with van der Waals surface area (Å²) in [5.74, 6) is -0.539. The van der Waals surface area contributed by atoms with Crippen LogP contribution in [-0.4, -0.2) is 23.3 Å². The van der Waals surface area contributed by atoms with Crippen LogP contribution in [0.2, 0.25) is 0 Å². The Morgan fingerprint density at radius 1 is 1.26 bits per heavy atom. The summed E-state index contributed by atoms with van der Waals surface area (Å²) in [6, 6.07) is 9.06. The van der Waals surface area contributed by atoms with E-state index < -0.39 is 5.91 Å². The summed E-state index contributed by atoms with van der Waals surface area (Å²) >= 11 is 0. The molecule has 0 aliphatic heterocycles. The molecule has 0 saturated heterocycles. The summed E-state index contributed by atoms with van der Waals surface area (Å²) in [6.45, 7) is 0.183. The highest BCUT2D eigenvalue weighted by atomic mass is 16.2. The Hall–Kier alpha value is -2.63. The third-order valence-corrected chi connectivity index (χ3v) is 2.66. The van der Waals surface area contributed by atoms with Crippen molar-refractivity contribution in [1.29, 1.82) is 0 Å². The fourth-order valence-corrected chi connectivity index (χ4v) is 1.73. The minimum absolute atomic E-state index is 0.0921. The standard InChI is InChI=1S/C13H14N4O2/c14-11(18)5-6-16-13(19)10-7-8-3-1-2-4-9(8)12(15)17-10/h1-4,7H,5-6H2,(H2,14,18)(H2,15,17)(H,16,19). The summed E-state index contributed by atoms with van der Waals surface area (Å²) in [6.07, 6.45) is 0.0921. The number of carbonyl (C=O) groups is 2. The molecule has 0 bridgehead atoms. The third kappa shape index (κ3) is 2.98. The van der Waals surface area contributed by atoms with Gasteiger partial charge in [0.25, 0.3) is 5.91 Å². The quantitative estimate of drug-likeness (QED) is 0.738. The number of nitrogens with two attached hydrogens (primary N) is 2. The molecule has 5 N–H and O–H groups in total. The van der Waals surface area contributed by atoms with Gasteiger partial charge in [-0.3, -0.25) is 9.59 Å². The predicted octanol–water partition coefficient (Wildman–Crippen LogP) is 0.422. The Labute approximate surface area is 109 Å². The molecule has 0 atom stereocenters. The van der Waals surface area contributed by atoms with Crippen LogP contribution < -0.4 is 16.8 Å². The molecule has 19 heavy (non-hydrogen) atoms. The summed E-state index contributed by atoms with van der Waals surface area (Å²) in [5.41, 5.74) is 11.0. The summed E-state index contributed by atoms with van der Waals surface area (Å²) < 4.78 is 0. The average Bonchev–Trinajstić information content (AvgIpc) is 2.38. The lowest BCUT2D eigenvalue weighted by atomic mass is 10.1. The van der Waals surface area contributed by atoms with E-state index in [2.05, 4.69) is 10.3 Å². The van der Waals surface area contributed by atoms with Crippen molar-refractivity contribution in [2.75, 3.05) is 12.3 Å². The topological polar surface area (TPSA) is 111 Å². The van der Waals surface area contributed by atoms with Crippen molar-refractivity contribution >= 4 is 28.4 Å². The van der Waals surface area contributed by atoms with Crippen molar-refractivity contribution in [3.63, 3.8) is 0 Å².